The Morgan fingerprint density at radius 1 is 1.34 bits per heavy atom. The predicted molar refractivity (Wildman–Crippen MR) is 120 cm³/mol. The third kappa shape index (κ3) is 4.45. The summed E-state index contributed by atoms with van der Waals surface area (Å²) in [6, 6.07) is 11.5. The molecule has 3 atom stereocenters. The van der Waals surface area contributed by atoms with Crippen LogP contribution in [0.5, 0.6) is 0 Å². The maximum Gasteiger partial charge on any atom is 0.238 e. The third-order valence-electron chi connectivity index (χ3n) is 4.64. The molecule has 152 valence electrons. The molecular formula is C19H20N4O3S3. The smallest absolute Gasteiger partial charge is 0.238 e. The lowest BCUT2D eigenvalue weighted by atomic mass is 10.1. The number of rotatable bonds is 6. The average molecular weight is 449 g/mol. The molecule has 2 amide bonds. The zero-order chi connectivity index (χ0) is 20.4. The first-order valence-corrected chi connectivity index (χ1v) is 11.4. The van der Waals surface area contributed by atoms with Crippen LogP contribution in [0.3, 0.4) is 0 Å². The Morgan fingerprint density at radius 3 is 2.93 bits per heavy atom. The highest BCUT2D eigenvalue weighted by molar-refractivity contribution is 8.24. The second-order valence-electron chi connectivity index (χ2n) is 6.63. The zero-order valence-electron chi connectivity index (χ0n) is 15.6. The van der Waals surface area contributed by atoms with Gasteiger partial charge in [0.2, 0.25) is 11.8 Å². The molecule has 0 aliphatic carbocycles. The number of nitrogens with one attached hydrogen (secondary N) is 3. The van der Waals surface area contributed by atoms with E-state index in [1.54, 1.807) is 18.4 Å². The number of hydrogen-bond acceptors (Lipinski definition) is 7. The first-order valence-electron chi connectivity index (χ1n) is 9.05. The zero-order valence-corrected chi connectivity index (χ0v) is 18.0. The Kier molecular flexibility index (Phi) is 6.14. The van der Waals surface area contributed by atoms with Crippen LogP contribution in [-0.4, -0.2) is 38.8 Å². The second-order valence-corrected chi connectivity index (χ2v) is 9.50. The molecule has 2 aliphatic heterocycles. The molecule has 2 aliphatic rings. The van der Waals surface area contributed by atoms with Crippen LogP contribution in [0.2, 0.25) is 0 Å². The van der Waals surface area contributed by atoms with E-state index in [4.69, 9.17) is 16.6 Å². The van der Waals surface area contributed by atoms with Crippen molar-refractivity contribution in [3.8, 4) is 0 Å². The van der Waals surface area contributed by atoms with Crippen LogP contribution in [0.15, 0.2) is 47.1 Å². The number of nitrogens with zero attached hydrogens (tertiary/aromatic N) is 1. The minimum absolute atomic E-state index is 0.0781. The van der Waals surface area contributed by atoms with E-state index in [1.165, 1.54) is 23.5 Å². The second kappa shape index (κ2) is 8.78. The topological polar surface area (TPSA) is 86.6 Å². The van der Waals surface area contributed by atoms with E-state index in [9.17, 15) is 9.59 Å². The predicted octanol–water partition coefficient (Wildman–Crippen LogP) is 2.17. The Morgan fingerprint density at radius 2 is 2.17 bits per heavy atom. The van der Waals surface area contributed by atoms with Crippen LogP contribution in [0.4, 0.5) is 5.69 Å². The Bertz CT molecular complexity index is 921. The lowest BCUT2D eigenvalue weighted by Gasteiger charge is -2.37. The van der Waals surface area contributed by atoms with Crippen LogP contribution >= 0.6 is 35.7 Å². The van der Waals surface area contributed by atoms with Crippen LogP contribution in [0.1, 0.15) is 11.3 Å². The molecule has 3 unspecified atom stereocenters. The number of anilines is 1. The van der Waals surface area contributed by atoms with Gasteiger partial charge in [-0.25, -0.2) is 0 Å². The molecule has 1 aromatic heterocycles. The Labute approximate surface area is 182 Å². The van der Waals surface area contributed by atoms with Crippen molar-refractivity contribution in [2.75, 3.05) is 10.7 Å². The number of benzene rings is 1. The number of hydrogen-bond donors (Lipinski definition) is 3. The number of furan rings is 1. The van der Waals surface area contributed by atoms with E-state index in [0.717, 1.165) is 11.3 Å². The highest BCUT2D eigenvalue weighted by atomic mass is 32.2. The molecule has 7 nitrogen and oxygen atoms in total. The highest BCUT2D eigenvalue weighted by Gasteiger charge is 2.48. The van der Waals surface area contributed by atoms with Crippen molar-refractivity contribution in [2.24, 2.45) is 0 Å². The van der Waals surface area contributed by atoms with Gasteiger partial charge in [0, 0.05) is 5.69 Å². The van der Waals surface area contributed by atoms with Crippen LogP contribution in [-0.2, 0) is 16.1 Å². The molecule has 0 radical (unpaired) electrons. The van der Waals surface area contributed by atoms with E-state index in [-0.39, 0.29) is 34.5 Å². The summed E-state index contributed by atoms with van der Waals surface area (Å²) in [6.07, 6.45) is 1.31. The molecule has 2 aromatic rings. The summed E-state index contributed by atoms with van der Waals surface area (Å²) < 4.78 is 5.87. The number of thioether (sulfide) groups is 2. The van der Waals surface area contributed by atoms with Crippen molar-refractivity contribution in [3.63, 3.8) is 0 Å². The lowest BCUT2D eigenvalue weighted by molar-refractivity contribution is -0.123. The Hall–Kier alpha value is -2.01. The molecule has 2 fully saturated rings. The standard InChI is InChI=1S/C19H20N4O3S3/c1-11-5-2-3-7-13(11)23-16-15(29-19(23)27)17(25)22-18(21-16)28-10-14(24)20-9-12-6-4-8-26-12/h2-8,15-16,18,21H,9-10H2,1H3,(H,20,24)(H,22,25). The summed E-state index contributed by atoms with van der Waals surface area (Å²) in [5.41, 5.74) is 1.69. The van der Waals surface area contributed by atoms with E-state index >= 15 is 0 Å². The summed E-state index contributed by atoms with van der Waals surface area (Å²) >= 11 is 8.28. The third-order valence-corrected chi connectivity index (χ3v) is 7.26. The fourth-order valence-corrected chi connectivity index (χ4v) is 5.65. The number of thiocarbonyl (C=S) groups is 1. The summed E-state index contributed by atoms with van der Waals surface area (Å²) in [5.74, 6) is 0.695. The summed E-state index contributed by atoms with van der Waals surface area (Å²) in [6.45, 7) is 2.36. The maximum atomic E-state index is 12.6. The molecule has 29 heavy (non-hydrogen) atoms. The first kappa shape index (κ1) is 20.3. The van der Waals surface area contributed by atoms with Gasteiger partial charge in [0.1, 0.15) is 27.0 Å². The number of para-hydroxylation sites is 1. The van der Waals surface area contributed by atoms with Crippen LogP contribution < -0.4 is 20.9 Å². The van der Waals surface area contributed by atoms with Crippen LogP contribution in [0, 0.1) is 6.92 Å². The van der Waals surface area contributed by atoms with E-state index in [1.807, 2.05) is 36.1 Å². The number of amides is 2. The lowest BCUT2D eigenvalue weighted by Crippen LogP contribution is -2.64. The SMILES string of the molecule is Cc1ccccc1N1C(=S)SC2C(=O)NC(SCC(=O)NCc3ccco3)NC21. The average Bonchev–Trinajstić information content (AvgIpc) is 3.33. The normalized spacial score (nSPS) is 23.6. The quantitative estimate of drug-likeness (QED) is 0.580. The number of fused-ring (bicyclic) bond motifs is 1. The molecule has 4 rings (SSSR count). The van der Waals surface area contributed by atoms with Gasteiger partial charge in [-0.2, -0.15) is 0 Å². The van der Waals surface area contributed by atoms with Gasteiger partial charge in [0.15, 0.2) is 0 Å². The number of aryl methyl sites for hydroxylation is 1. The Balaban J connectivity index is 1.38. The maximum absolute atomic E-state index is 12.6. The van der Waals surface area contributed by atoms with Gasteiger partial charge in [-0.1, -0.05) is 42.2 Å². The largest absolute Gasteiger partial charge is 0.467 e. The van der Waals surface area contributed by atoms with Crippen molar-refractivity contribution in [2.45, 2.75) is 30.4 Å². The summed E-state index contributed by atoms with van der Waals surface area (Å²) in [4.78, 5) is 26.8. The van der Waals surface area contributed by atoms with E-state index in [2.05, 4.69) is 16.0 Å². The van der Waals surface area contributed by atoms with Crippen molar-refractivity contribution in [1.29, 1.82) is 0 Å². The number of carbonyl (C=O) groups is 2. The minimum Gasteiger partial charge on any atom is -0.467 e. The van der Waals surface area contributed by atoms with E-state index in [0.29, 0.717) is 16.6 Å². The molecule has 3 heterocycles. The van der Waals surface area contributed by atoms with Gasteiger partial charge in [-0.15, -0.1) is 11.8 Å². The summed E-state index contributed by atoms with van der Waals surface area (Å²) in [7, 11) is 0. The number of carbonyl (C=O) groups excluding carboxylic acids is 2. The fourth-order valence-electron chi connectivity index (χ4n) is 3.23. The highest BCUT2D eigenvalue weighted by Crippen LogP contribution is 2.38. The molecule has 2 saturated heterocycles. The van der Waals surface area contributed by atoms with Crippen molar-refractivity contribution >= 4 is 57.6 Å². The van der Waals surface area contributed by atoms with Crippen LogP contribution in [0.25, 0.3) is 0 Å². The van der Waals surface area contributed by atoms with Gasteiger partial charge >= 0.3 is 0 Å². The summed E-state index contributed by atoms with van der Waals surface area (Å²) in [5, 5.41) is 8.83. The molecular weight excluding hydrogens is 428 g/mol. The molecule has 3 N–H and O–H groups in total. The van der Waals surface area contributed by atoms with Crippen molar-refractivity contribution < 1.29 is 14.0 Å². The van der Waals surface area contributed by atoms with Crippen molar-refractivity contribution in [3.05, 3.63) is 54.0 Å². The van der Waals surface area contributed by atoms with Gasteiger partial charge in [0.05, 0.1) is 18.6 Å². The molecule has 0 spiro atoms. The monoisotopic (exact) mass is 448 g/mol. The van der Waals surface area contributed by atoms with Gasteiger partial charge in [0.25, 0.3) is 0 Å². The van der Waals surface area contributed by atoms with Gasteiger partial charge < -0.3 is 20.0 Å². The molecule has 1 aromatic carbocycles. The molecule has 10 heteroatoms. The van der Waals surface area contributed by atoms with Gasteiger partial charge in [-0.3, -0.25) is 14.9 Å². The van der Waals surface area contributed by atoms with E-state index < -0.39 is 0 Å². The molecule has 0 bridgehead atoms. The first-order chi connectivity index (χ1) is 14.0. The fraction of sp³-hybridized carbons (Fsp3) is 0.316. The van der Waals surface area contributed by atoms with Gasteiger partial charge in [-0.05, 0) is 30.7 Å². The minimum atomic E-state index is -0.383. The molecule has 0 saturated carbocycles. The van der Waals surface area contributed by atoms with Crippen molar-refractivity contribution in [1.82, 2.24) is 16.0 Å².